The molecule has 0 aliphatic carbocycles. The molecule has 1 rings (SSSR count). The Morgan fingerprint density at radius 2 is 1.95 bits per heavy atom. The lowest BCUT2D eigenvalue weighted by Crippen LogP contribution is -2.47. The zero-order valence-electron chi connectivity index (χ0n) is 12.9. The van der Waals surface area contributed by atoms with Gasteiger partial charge in [-0.25, -0.2) is 0 Å². The van der Waals surface area contributed by atoms with E-state index in [2.05, 4.69) is 74.6 Å². The van der Waals surface area contributed by atoms with Crippen molar-refractivity contribution in [2.45, 2.75) is 59.2 Å². The van der Waals surface area contributed by atoms with Crippen LogP contribution >= 0.6 is 27.3 Å². The molecule has 1 aromatic heterocycles. The number of hydrogen-bond donors (Lipinski definition) is 1. The zero-order chi connectivity index (χ0) is 14.8. The third-order valence-electron chi connectivity index (χ3n) is 4.07. The smallest absolute Gasteiger partial charge is 0.0702 e. The highest BCUT2D eigenvalue weighted by Gasteiger charge is 2.32. The molecule has 0 aliphatic heterocycles. The van der Waals surface area contributed by atoms with E-state index in [1.165, 1.54) is 8.66 Å². The van der Waals surface area contributed by atoms with Crippen LogP contribution in [0.4, 0.5) is 0 Å². The lowest BCUT2D eigenvalue weighted by atomic mass is 9.85. The molecule has 0 aromatic carbocycles. The Balaban J connectivity index is 3.04. The minimum absolute atomic E-state index is 0.167. The Bertz CT molecular complexity index is 397. The first-order valence-corrected chi connectivity index (χ1v) is 8.52. The van der Waals surface area contributed by atoms with Gasteiger partial charge in [0.25, 0.3) is 0 Å². The summed E-state index contributed by atoms with van der Waals surface area (Å²) < 4.78 is 1.17. The van der Waals surface area contributed by atoms with E-state index < -0.39 is 0 Å². The average molecular weight is 347 g/mol. The number of rotatable bonds is 5. The molecule has 3 unspecified atom stereocenters. The van der Waals surface area contributed by atoms with Gasteiger partial charge in [0.1, 0.15) is 0 Å². The molecule has 0 fully saturated rings. The number of nitrogens with two attached hydrogens (primary N) is 1. The summed E-state index contributed by atoms with van der Waals surface area (Å²) in [5, 5.41) is 0. The predicted molar refractivity (Wildman–Crippen MR) is 89.7 cm³/mol. The van der Waals surface area contributed by atoms with Crippen LogP contribution in [0.1, 0.15) is 52.0 Å². The molecule has 110 valence electrons. The summed E-state index contributed by atoms with van der Waals surface area (Å²) in [6, 6.07) is 5.23. The molecular formula is C15H27BrN2S. The van der Waals surface area contributed by atoms with E-state index >= 15 is 0 Å². The van der Waals surface area contributed by atoms with Crippen molar-refractivity contribution in [3.05, 3.63) is 20.8 Å². The van der Waals surface area contributed by atoms with Crippen LogP contribution in [0.2, 0.25) is 0 Å². The van der Waals surface area contributed by atoms with Crippen LogP contribution in [-0.4, -0.2) is 24.0 Å². The lowest BCUT2D eigenvalue weighted by Gasteiger charge is -2.42. The van der Waals surface area contributed by atoms with Crippen molar-refractivity contribution >= 4 is 27.3 Å². The highest BCUT2D eigenvalue weighted by Crippen LogP contribution is 2.36. The number of likely N-dealkylation sites (N-methyl/N-ethyl adjacent to an activating group) is 1. The summed E-state index contributed by atoms with van der Waals surface area (Å²) in [5.74, 6) is 0. The highest BCUT2D eigenvalue weighted by molar-refractivity contribution is 9.11. The Kier molecular flexibility index (Phi) is 6.05. The average Bonchev–Trinajstić information content (AvgIpc) is 2.73. The van der Waals surface area contributed by atoms with Gasteiger partial charge in [-0.3, -0.25) is 4.90 Å². The van der Waals surface area contributed by atoms with E-state index in [0.29, 0.717) is 6.04 Å². The molecule has 2 N–H and O–H groups in total. The van der Waals surface area contributed by atoms with Gasteiger partial charge < -0.3 is 5.73 Å². The SMILES string of the molecule is CCC(N)C(c1ccc(Br)s1)N(C)C(C)C(C)(C)C. The molecule has 3 atom stereocenters. The first-order valence-electron chi connectivity index (χ1n) is 6.91. The van der Waals surface area contributed by atoms with Gasteiger partial charge in [0.15, 0.2) is 0 Å². The molecule has 0 aliphatic rings. The van der Waals surface area contributed by atoms with E-state index in [0.717, 1.165) is 6.42 Å². The second-order valence-electron chi connectivity index (χ2n) is 6.37. The molecular weight excluding hydrogens is 320 g/mol. The molecule has 2 nitrogen and oxygen atoms in total. The predicted octanol–water partition coefficient (Wildman–Crippen LogP) is 4.66. The minimum Gasteiger partial charge on any atom is -0.326 e. The topological polar surface area (TPSA) is 29.3 Å². The zero-order valence-corrected chi connectivity index (χ0v) is 15.3. The maximum Gasteiger partial charge on any atom is 0.0702 e. The molecule has 1 aromatic rings. The standard InChI is InChI=1S/C15H27BrN2S/c1-7-11(17)14(12-8-9-13(16)19-12)18(6)10(2)15(3,4)5/h8-11,14H,7,17H2,1-6H3. The van der Waals surface area contributed by atoms with Crippen molar-refractivity contribution in [3.8, 4) is 0 Å². The van der Waals surface area contributed by atoms with Crippen LogP contribution in [0.5, 0.6) is 0 Å². The van der Waals surface area contributed by atoms with Crippen LogP contribution in [-0.2, 0) is 0 Å². The normalized spacial score (nSPS) is 17.5. The van der Waals surface area contributed by atoms with Gasteiger partial charge in [0.05, 0.1) is 9.83 Å². The second-order valence-corrected chi connectivity index (χ2v) is 8.86. The second kappa shape index (κ2) is 6.70. The van der Waals surface area contributed by atoms with E-state index in [1.54, 1.807) is 11.3 Å². The van der Waals surface area contributed by atoms with Crippen molar-refractivity contribution in [2.24, 2.45) is 11.1 Å². The number of thiophene rings is 1. The van der Waals surface area contributed by atoms with Crippen molar-refractivity contribution in [1.29, 1.82) is 0 Å². The number of hydrogen-bond acceptors (Lipinski definition) is 3. The first kappa shape index (κ1) is 17.2. The molecule has 0 saturated heterocycles. The Morgan fingerprint density at radius 1 is 1.37 bits per heavy atom. The maximum absolute atomic E-state index is 6.39. The molecule has 0 spiro atoms. The van der Waals surface area contributed by atoms with Crippen molar-refractivity contribution in [2.75, 3.05) is 7.05 Å². The molecule has 0 radical (unpaired) electrons. The summed E-state index contributed by atoms with van der Waals surface area (Å²) in [5.41, 5.74) is 6.64. The molecule has 4 heteroatoms. The van der Waals surface area contributed by atoms with Gasteiger partial charge in [0.2, 0.25) is 0 Å². The van der Waals surface area contributed by atoms with Crippen LogP contribution in [0.25, 0.3) is 0 Å². The maximum atomic E-state index is 6.39. The van der Waals surface area contributed by atoms with E-state index in [9.17, 15) is 0 Å². The fraction of sp³-hybridized carbons (Fsp3) is 0.733. The summed E-state index contributed by atoms with van der Waals surface area (Å²) >= 11 is 5.35. The van der Waals surface area contributed by atoms with E-state index in [1.807, 2.05) is 0 Å². The number of halogens is 1. The summed E-state index contributed by atoms with van der Waals surface area (Å²) in [4.78, 5) is 3.78. The fourth-order valence-electron chi connectivity index (χ4n) is 2.28. The lowest BCUT2D eigenvalue weighted by molar-refractivity contribution is 0.0847. The summed E-state index contributed by atoms with van der Waals surface area (Å²) in [7, 11) is 2.20. The Hall–Kier alpha value is 0.1000. The van der Waals surface area contributed by atoms with Crippen molar-refractivity contribution in [1.82, 2.24) is 4.90 Å². The van der Waals surface area contributed by atoms with Crippen LogP contribution in [0.3, 0.4) is 0 Å². The summed E-state index contributed by atoms with van der Waals surface area (Å²) in [6.45, 7) is 11.3. The molecule has 0 bridgehead atoms. The van der Waals surface area contributed by atoms with Gasteiger partial charge in [-0.05, 0) is 53.9 Å². The first-order chi connectivity index (χ1) is 8.68. The van der Waals surface area contributed by atoms with Gasteiger partial charge >= 0.3 is 0 Å². The highest BCUT2D eigenvalue weighted by atomic mass is 79.9. The third-order valence-corrected chi connectivity index (χ3v) is 5.76. The van der Waals surface area contributed by atoms with Crippen LogP contribution in [0.15, 0.2) is 15.9 Å². The Labute approximate surface area is 130 Å². The molecule has 1 heterocycles. The van der Waals surface area contributed by atoms with Gasteiger partial charge in [0, 0.05) is 17.0 Å². The van der Waals surface area contributed by atoms with Gasteiger partial charge in [-0.15, -0.1) is 11.3 Å². The minimum atomic E-state index is 0.167. The van der Waals surface area contributed by atoms with Crippen molar-refractivity contribution < 1.29 is 0 Å². The quantitative estimate of drug-likeness (QED) is 0.840. The van der Waals surface area contributed by atoms with E-state index in [-0.39, 0.29) is 17.5 Å². The third kappa shape index (κ3) is 4.28. The van der Waals surface area contributed by atoms with Crippen LogP contribution < -0.4 is 5.73 Å². The van der Waals surface area contributed by atoms with E-state index in [4.69, 9.17) is 5.73 Å². The van der Waals surface area contributed by atoms with Gasteiger partial charge in [-0.2, -0.15) is 0 Å². The van der Waals surface area contributed by atoms with Crippen molar-refractivity contribution in [3.63, 3.8) is 0 Å². The largest absolute Gasteiger partial charge is 0.326 e. The Morgan fingerprint density at radius 3 is 2.32 bits per heavy atom. The van der Waals surface area contributed by atoms with Gasteiger partial charge in [-0.1, -0.05) is 27.7 Å². The summed E-state index contributed by atoms with van der Waals surface area (Å²) in [6.07, 6.45) is 0.987. The molecule has 0 amide bonds. The molecule has 19 heavy (non-hydrogen) atoms. The van der Waals surface area contributed by atoms with Crippen LogP contribution in [0, 0.1) is 5.41 Å². The number of nitrogens with zero attached hydrogens (tertiary/aromatic N) is 1. The molecule has 0 saturated carbocycles. The monoisotopic (exact) mass is 346 g/mol. The fourth-order valence-corrected chi connectivity index (χ4v) is 3.93.